The molecule has 0 fully saturated rings. The first-order chi connectivity index (χ1) is 16.8. The monoisotopic (exact) mass is 488 g/mol. The molecule has 0 atom stereocenters. The molecule has 6 nitrogen and oxygen atoms in total. The normalized spacial score (nSPS) is 11.1. The van der Waals surface area contributed by atoms with E-state index in [0.29, 0.717) is 38.3 Å². The molecule has 0 aliphatic heterocycles. The first kappa shape index (κ1) is 24.3. The van der Waals surface area contributed by atoms with E-state index >= 15 is 0 Å². The van der Waals surface area contributed by atoms with Gasteiger partial charge < -0.3 is 9.47 Å². The van der Waals surface area contributed by atoms with Crippen LogP contribution in [0.1, 0.15) is 16.7 Å². The van der Waals surface area contributed by atoms with E-state index in [1.165, 1.54) is 12.3 Å². The molecule has 1 amide bonds. The third-order valence-electron chi connectivity index (χ3n) is 5.66. The summed E-state index contributed by atoms with van der Waals surface area (Å²) in [5.74, 6) is 0.524. The van der Waals surface area contributed by atoms with E-state index in [0.717, 1.165) is 22.0 Å². The van der Waals surface area contributed by atoms with Gasteiger partial charge in [-0.2, -0.15) is 5.06 Å². The highest BCUT2D eigenvalue weighted by Gasteiger charge is 2.21. The van der Waals surface area contributed by atoms with Crippen LogP contribution in [-0.4, -0.2) is 30.3 Å². The zero-order valence-electron chi connectivity index (χ0n) is 19.9. The van der Waals surface area contributed by atoms with Crippen molar-refractivity contribution in [3.63, 3.8) is 0 Å². The first-order valence-corrected chi connectivity index (χ1v) is 11.3. The maximum atomic E-state index is 13.0. The first-order valence-electron chi connectivity index (χ1n) is 10.9. The van der Waals surface area contributed by atoms with Crippen LogP contribution in [0.5, 0.6) is 11.5 Å². The summed E-state index contributed by atoms with van der Waals surface area (Å²) in [4.78, 5) is 17.6. The summed E-state index contributed by atoms with van der Waals surface area (Å²) in [7, 11) is 3.10. The van der Waals surface area contributed by atoms with Crippen molar-refractivity contribution in [3.8, 4) is 22.6 Å². The molecule has 0 spiro atoms. The second-order valence-electron chi connectivity index (χ2n) is 8.11. The van der Waals surface area contributed by atoms with Gasteiger partial charge in [0.2, 0.25) is 0 Å². The number of hydrogen-bond acceptors (Lipinski definition) is 5. The summed E-state index contributed by atoms with van der Waals surface area (Å²) in [6, 6.07) is 16.6. The molecule has 1 heterocycles. The fourth-order valence-corrected chi connectivity index (χ4v) is 4.27. The van der Waals surface area contributed by atoms with Crippen LogP contribution < -0.4 is 14.5 Å². The number of nitrogens with zero attached hydrogens (tertiary/aromatic N) is 2. The van der Waals surface area contributed by atoms with E-state index in [9.17, 15) is 10.0 Å². The number of aryl methyl sites for hydroxylation is 2. The molecule has 0 radical (unpaired) electrons. The molecule has 1 aromatic heterocycles. The number of halogens is 1. The van der Waals surface area contributed by atoms with Gasteiger partial charge in [-0.05, 0) is 55.3 Å². The predicted molar refractivity (Wildman–Crippen MR) is 140 cm³/mol. The van der Waals surface area contributed by atoms with Gasteiger partial charge in [-0.3, -0.25) is 15.0 Å². The molecule has 4 rings (SSSR count). The quantitative estimate of drug-likeness (QED) is 0.187. The number of methoxy groups -OCH3 is 2. The SMILES string of the molecule is COc1cc(C=CC(=O)N(O)c2cnc3c(C)cc(C)cc3c2-c2ccccc2Cl)cc(OC)c1. The lowest BCUT2D eigenvalue weighted by Crippen LogP contribution is -2.25. The lowest BCUT2D eigenvalue weighted by molar-refractivity contribution is -0.118. The third-order valence-corrected chi connectivity index (χ3v) is 5.99. The average molecular weight is 489 g/mol. The topological polar surface area (TPSA) is 71.9 Å². The standard InChI is InChI=1S/C28H25ClN2O4/c1-17-11-18(2)28-23(12-17)27(22-7-5-6-8-24(22)29)25(16-30-28)31(33)26(32)10-9-19-13-20(34-3)15-21(14-19)35-4/h5-16,33H,1-4H3. The summed E-state index contributed by atoms with van der Waals surface area (Å²) in [6.07, 6.45) is 4.34. The van der Waals surface area contributed by atoms with Gasteiger partial charge in [0.15, 0.2) is 0 Å². The molecule has 35 heavy (non-hydrogen) atoms. The number of pyridine rings is 1. The number of benzene rings is 3. The van der Waals surface area contributed by atoms with E-state index in [2.05, 4.69) is 4.98 Å². The molecular weight excluding hydrogens is 464 g/mol. The Bertz CT molecular complexity index is 1430. The maximum Gasteiger partial charge on any atom is 0.274 e. The Hall–Kier alpha value is -3.87. The Labute approximate surface area is 209 Å². The number of anilines is 1. The summed E-state index contributed by atoms with van der Waals surface area (Å²) >= 11 is 6.55. The van der Waals surface area contributed by atoms with Crippen LogP contribution >= 0.6 is 11.6 Å². The largest absolute Gasteiger partial charge is 0.497 e. The molecule has 0 saturated carbocycles. The second kappa shape index (κ2) is 10.2. The fraction of sp³-hybridized carbons (Fsp3) is 0.143. The lowest BCUT2D eigenvalue weighted by Gasteiger charge is -2.20. The Morgan fingerprint density at radius 3 is 2.37 bits per heavy atom. The zero-order valence-corrected chi connectivity index (χ0v) is 20.6. The smallest absolute Gasteiger partial charge is 0.274 e. The van der Waals surface area contributed by atoms with Crippen LogP contribution in [0.4, 0.5) is 5.69 Å². The summed E-state index contributed by atoms with van der Waals surface area (Å²) in [5.41, 5.74) is 5.02. The molecule has 0 saturated heterocycles. The van der Waals surface area contributed by atoms with Crippen molar-refractivity contribution < 1.29 is 19.5 Å². The number of amides is 1. The summed E-state index contributed by atoms with van der Waals surface area (Å²) in [5, 5.41) is 12.9. The minimum atomic E-state index is -0.648. The molecule has 0 aliphatic rings. The maximum absolute atomic E-state index is 13.0. The van der Waals surface area contributed by atoms with Crippen LogP contribution in [0, 0.1) is 13.8 Å². The zero-order chi connectivity index (χ0) is 25.1. The van der Waals surface area contributed by atoms with E-state index < -0.39 is 5.91 Å². The predicted octanol–water partition coefficient (Wildman–Crippen LogP) is 6.62. The van der Waals surface area contributed by atoms with Gasteiger partial charge in [-0.1, -0.05) is 41.4 Å². The van der Waals surface area contributed by atoms with E-state index in [1.807, 2.05) is 44.2 Å². The van der Waals surface area contributed by atoms with Crippen molar-refractivity contribution in [3.05, 3.63) is 88.6 Å². The van der Waals surface area contributed by atoms with Crippen LogP contribution in [0.2, 0.25) is 5.02 Å². The number of fused-ring (bicyclic) bond motifs is 1. The number of hydroxylamine groups is 1. The van der Waals surface area contributed by atoms with Crippen LogP contribution in [-0.2, 0) is 4.79 Å². The third kappa shape index (κ3) is 4.99. The second-order valence-corrected chi connectivity index (χ2v) is 8.51. The van der Waals surface area contributed by atoms with Crippen molar-refractivity contribution in [2.24, 2.45) is 0 Å². The van der Waals surface area contributed by atoms with Crippen LogP contribution in [0.3, 0.4) is 0 Å². The van der Waals surface area contributed by atoms with E-state index in [-0.39, 0.29) is 5.69 Å². The molecule has 0 aliphatic carbocycles. The number of ether oxygens (including phenoxy) is 2. The Morgan fingerprint density at radius 2 is 1.71 bits per heavy atom. The molecule has 0 bridgehead atoms. The van der Waals surface area contributed by atoms with Gasteiger partial charge in [0.05, 0.1) is 31.6 Å². The van der Waals surface area contributed by atoms with Crippen molar-refractivity contribution in [2.75, 3.05) is 19.3 Å². The molecule has 178 valence electrons. The number of aromatic nitrogens is 1. The van der Waals surface area contributed by atoms with Crippen molar-refractivity contribution in [1.29, 1.82) is 0 Å². The lowest BCUT2D eigenvalue weighted by atomic mass is 9.96. The van der Waals surface area contributed by atoms with Crippen molar-refractivity contribution in [2.45, 2.75) is 13.8 Å². The van der Waals surface area contributed by atoms with E-state index in [1.54, 1.807) is 44.6 Å². The highest BCUT2D eigenvalue weighted by molar-refractivity contribution is 6.34. The van der Waals surface area contributed by atoms with Gasteiger partial charge >= 0.3 is 0 Å². The summed E-state index contributed by atoms with van der Waals surface area (Å²) < 4.78 is 10.6. The molecule has 7 heteroatoms. The van der Waals surface area contributed by atoms with Crippen LogP contribution in [0.25, 0.3) is 28.1 Å². The Balaban J connectivity index is 1.81. The molecule has 1 N–H and O–H groups in total. The number of carbonyl (C=O) groups is 1. The minimum absolute atomic E-state index is 0.230. The van der Waals surface area contributed by atoms with Gasteiger partial charge in [0.1, 0.15) is 11.5 Å². The number of rotatable bonds is 6. The average Bonchev–Trinajstić information content (AvgIpc) is 2.86. The Morgan fingerprint density at radius 1 is 1.03 bits per heavy atom. The van der Waals surface area contributed by atoms with Crippen molar-refractivity contribution in [1.82, 2.24) is 4.98 Å². The number of hydrogen-bond donors (Lipinski definition) is 1. The van der Waals surface area contributed by atoms with Gasteiger partial charge in [-0.25, -0.2) is 0 Å². The summed E-state index contributed by atoms with van der Waals surface area (Å²) in [6.45, 7) is 3.97. The van der Waals surface area contributed by atoms with Crippen LogP contribution in [0.15, 0.2) is 66.9 Å². The highest BCUT2D eigenvalue weighted by Crippen LogP contribution is 2.40. The molecular formula is C28H25ClN2O4. The Kier molecular flexibility index (Phi) is 7.05. The van der Waals surface area contributed by atoms with Gasteiger partial charge in [0.25, 0.3) is 5.91 Å². The van der Waals surface area contributed by atoms with Crippen molar-refractivity contribution >= 4 is 40.2 Å². The van der Waals surface area contributed by atoms with Gasteiger partial charge in [-0.15, -0.1) is 0 Å². The highest BCUT2D eigenvalue weighted by atomic mass is 35.5. The van der Waals surface area contributed by atoms with E-state index in [4.69, 9.17) is 21.1 Å². The van der Waals surface area contributed by atoms with Gasteiger partial charge in [0, 0.05) is 33.7 Å². The number of carbonyl (C=O) groups excluding carboxylic acids is 1. The molecule has 4 aromatic rings. The molecule has 0 unspecified atom stereocenters. The minimum Gasteiger partial charge on any atom is -0.497 e. The molecule has 3 aromatic carbocycles. The fourth-order valence-electron chi connectivity index (χ4n) is 4.04.